The molecule has 2 amide bonds. The van der Waals surface area contributed by atoms with Crippen molar-refractivity contribution >= 4 is 17.5 Å². The molecular weight excluding hydrogens is 376 g/mol. The van der Waals surface area contributed by atoms with Crippen LogP contribution in [0.2, 0.25) is 0 Å². The maximum atomic E-state index is 12.8. The van der Waals surface area contributed by atoms with Gasteiger partial charge in [0.2, 0.25) is 0 Å². The zero-order valence-electron chi connectivity index (χ0n) is 17.2. The van der Waals surface area contributed by atoms with Crippen LogP contribution in [-0.2, 0) is 6.42 Å². The van der Waals surface area contributed by atoms with Crippen molar-refractivity contribution in [2.24, 2.45) is 0 Å². The molecule has 5 heteroatoms. The summed E-state index contributed by atoms with van der Waals surface area (Å²) in [6.45, 7) is 4.30. The quantitative estimate of drug-likeness (QED) is 0.574. The lowest BCUT2D eigenvalue weighted by Crippen LogP contribution is -2.30. The van der Waals surface area contributed by atoms with Crippen molar-refractivity contribution in [2.75, 3.05) is 11.9 Å². The second-order valence-corrected chi connectivity index (χ2v) is 7.24. The van der Waals surface area contributed by atoms with E-state index in [9.17, 15) is 9.59 Å². The zero-order chi connectivity index (χ0) is 21.3. The van der Waals surface area contributed by atoms with Gasteiger partial charge in [-0.3, -0.25) is 9.59 Å². The first kappa shape index (κ1) is 21.1. The number of para-hydroxylation sites is 1. The summed E-state index contributed by atoms with van der Waals surface area (Å²) < 4.78 is 5.87. The van der Waals surface area contributed by atoms with Gasteiger partial charge in [0.1, 0.15) is 5.75 Å². The summed E-state index contributed by atoms with van der Waals surface area (Å²) >= 11 is 0. The van der Waals surface area contributed by atoms with E-state index in [1.165, 1.54) is 5.56 Å². The topological polar surface area (TPSA) is 67.4 Å². The summed E-state index contributed by atoms with van der Waals surface area (Å²) in [5.74, 6) is 0.142. The third kappa shape index (κ3) is 5.95. The smallest absolute Gasteiger partial charge is 0.259 e. The number of rotatable bonds is 8. The Kier molecular flexibility index (Phi) is 7.22. The lowest BCUT2D eigenvalue weighted by Gasteiger charge is -2.12. The Morgan fingerprint density at radius 3 is 2.20 bits per heavy atom. The van der Waals surface area contributed by atoms with Crippen LogP contribution in [0, 0.1) is 0 Å². The van der Waals surface area contributed by atoms with Crippen molar-refractivity contribution in [3.05, 3.63) is 95.6 Å². The Balaban J connectivity index is 1.62. The Morgan fingerprint density at radius 1 is 0.833 bits per heavy atom. The fraction of sp³-hybridized carbons (Fsp3) is 0.200. The van der Waals surface area contributed by atoms with Crippen molar-refractivity contribution in [1.29, 1.82) is 0 Å². The van der Waals surface area contributed by atoms with Gasteiger partial charge >= 0.3 is 0 Å². The predicted molar refractivity (Wildman–Crippen MR) is 119 cm³/mol. The highest BCUT2D eigenvalue weighted by molar-refractivity contribution is 6.06. The van der Waals surface area contributed by atoms with Crippen LogP contribution in [0.4, 0.5) is 5.69 Å². The van der Waals surface area contributed by atoms with Crippen LogP contribution in [0.3, 0.4) is 0 Å². The summed E-state index contributed by atoms with van der Waals surface area (Å²) in [5.41, 5.74) is 2.81. The average molecular weight is 402 g/mol. The van der Waals surface area contributed by atoms with Gasteiger partial charge in [-0.25, -0.2) is 0 Å². The highest BCUT2D eigenvalue weighted by Crippen LogP contribution is 2.20. The van der Waals surface area contributed by atoms with Crippen LogP contribution in [0.15, 0.2) is 78.9 Å². The molecule has 3 rings (SSSR count). The summed E-state index contributed by atoms with van der Waals surface area (Å²) in [4.78, 5) is 24.8. The van der Waals surface area contributed by atoms with Crippen LogP contribution in [0.25, 0.3) is 0 Å². The van der Waals surface area contributed by atoms with Crippen LogP contribution < -0.4 is 15.4 Å². The Bertz CT molecular complexity index is 983. The number of nitrogens with one attached hydrogen (secondary N) is 2. The Hall–Kier alpha value is -3.60. The van der Waals surface area contributed by atoms with Gasteiger partial charge in [-0.05, 0) is 55.8 Å². The molecule has 30 heavy (non-hydrogen) atoms. The van der Waals surface area contributed by atoms with Gasteiger partial charge in [-0.1, -0.05) is 42.5 Å². The molecule has 0 aliphatic rings. The number of carbonyl (C=O) groups excluding carboxylic acids is 2. The van der Waals surface area contributed by atoms with Gasteiger partial charge in [0.25, 0.3) is 11.8 Å². The maximum absolute atomic E-state index is 12.8. The number of amides is 2. The highest BCUT2D eigenvalue weighted by atomic mass is 16.5. The minimum atomic E-state index is -0.260. The largest absolute Gasteiger partial charge is 0.492 e. The van der Waals surface area contributed by atoms with E-state index in [1.54, 1.807) is 42.5 Å². The second-order valence-electron chi connectivity index (χ2n) is 7.24. The van der Waals surface area contributed by atoms with E-state index in [1.807, 2.05) is 50.2 Å². The molecule has 0 atom stereocenters. The predicted octanol–water partition coefficient (Wildman–Crippen LogP) is 4.70. The molecule has 0 bridgehead atoms. The van der Waals surface area contributed by atoms with Crippen molar-refractivity contribution in [3.63, 3.8) is 0 Å². The molecule has 0 heterocycles. The third-order valence-electron chi connectivity index (χ3n) is 4.45. The molecule has 0 radical (unpaired) electrons. The Morgan fingerprint density at radius 2 is 1.50 bits per heavy atom. The van der Waals surface area contributed by atoms with E-state index in [-0.39, 0.29) is 17.9 Å². The van der Waals surface area contributed by atoms with E-state index in [0.717, 1.165) is 6.42 Å². The van der Waals surface area contributed by atoms with Gasteiger partial charge in [0, 0.05) is 23.7 Å². The van der Waals surface area contributed by atoms with Crippen LogP contribution in [-0.4, -0.2) is 24.5 Å². The lowest BCUT2D eigenvalue weighted by atomic mass is 10.1. The summed E-state index contributed by atoms with van der Waals surface area (Å²) in [7, 11) is 0. The fourth-order valence-electron chi connectivity index (χ4n) is 2.95. The van der Waals surface area contributed by atoms with Gasteiger partial charge in [0.05, 0.1) is 12.2 Å². The lowest BCUT2D eigenvalue weighted by molar-refractivity contribution is 0.0942. The molecule has 0 fully saturated rings. The molecule has 154 valence electrons. The number of anilines is 1. The number of benzene rings is 3. The number of ether oxygens (including phenoxy) is 1. The van der Waals surface area contributed by atoms with E-state index < -0.39 is 0 Å². The third-order valence-corrected chi connectivity index (χ3v) is 4.45. The second kappa shape index (κ2) is 10.3. The van der Waals surface area contributed by atoms with Gasteiger partial charge in [-0.2, -0.15) is 0 Å². The van der Waals surface area contributed by atoms with Crippen molar-refractivity contribution in [1.82, 2.24) is 5.32 Å². The first-order valence-corrected chi connectivity index (χ1v) is 10.0. The first-order chi connectivity index (χ1) is 14.5. The molecule has 0 saturated carbocycles. The fourth-order valence-corrected chi connectivity index (χ4v) is 2.95. The van der Waals surface area contributed by atoms with E-state index in [2.05, 4.69) is 10.6 Å². The van der Waals surface area contributed by atoms with Crippen LogP contribution in [0.5, 0.6) is 5.75 Å². The molecule has 0 aliphatic carbocycles. The molecule has 3 aromatic rings. The van der Waals surface area contributed by atoms with Gasteiger partial charge in [-0.15, -0.1) is 0 Å². The molecule has 0 saturated heterocycles. The molecule has 0 aliphatic heterocycles. The molecule has 0 unspecified atom stereocenters. The normalized spacial score (nSPS) is 10.5. The average Bonchev–Trinajstić information content (AvgIpc) is 2.75. The van der Waals surface area contributed by atoms with E-state index in [4.69, 9.17) is 4.74 Å². The first-order valence-electron chi connectivity index (χ1n) is 10.0. The molecule has 0 aromatic heterocycles. The van der Waals surface area contributed by atoms with Gasteiger partial charge < -0.3 is 15.4 Å². The monoisotopic (exact) mass is 402 g/mol. The molecule has 0 spiro atoms. The molecule has 3 aromatic carbocycles. The minimum Gasteiger partial charge on any atom is -0.492 e. The van der Waals surface area contributed by atoms with Crippen LogP contribution in [0.1, 0.15) is 40.1 Å². The van der Waals surface area contributed by atoms with E-state index in [0.29, 0.717) is 29.2 Å². The standard InChI is InChI=1S/C25H26N2O3/c1-18(2)26-24(28)20-12-14-21(15-13-20)27-25(29)22-10-6-7-11-23(22)30-17-16-19-8-4-3-5-9-19/h3-15,18H,16-17H2,1-2H3,(H,26,28)(H,27,29). The van der Waals surface area contributed by atoms with Crippen molar-refractivity contribution in [3.8, 4) is 5.75 Å². The maximum Gasteiger partial charge on any atom is 0.259 e. The summed E-state index contributed by atoms with van der Waals surface area (Å²) in [6.07, 6.45) is 0.761. The Labute approximate surface area is 177 Å². The summed E-state index contributed by atoms with van der Waals surface area (Å²) in [5, 5.41) is 5.70. The molecular formula is C25H26N2O3. The number of hydrogen-bond donors (Lipinski definition) is 2. The molecule has 5 nitrogen and oxygen atoms in total. The summed E-state index contributed by atoms with van der Waals surface area (Å²) in [6, 6.07) is 24.1. The number of carbonyl (C=O) groups is 2. The van der Waals surface area contributed by atoms with Crippen LogP contribution >= 0.6 is 0 Å². The van der Waals surface area contributed by atoms with Crippen molar-refractivity contribution < 1.29 is 14.3 Å². The van der Waals surface area contributed by atoms with Gasteiger partial charge in [0.15, 0.2) is 0 Å². The highest BCUT2D eigenvalue weighted by Gasteiger charge is 2.13. The minimum absolute atomic E-state index is 0.0651. The zero-order valence-corrected chi connectivity index (χ0v) is 17.2. The number of hydrogen-bond acceptors (Lipinski definition) is 3. The van der Waals surface area contributed by atoms with E-state index >= 15 is 0 Å². The molecule has 2 N–H and O–H groups in total. The van der Waals surface area contributed by atoms with Crippen molar-refractivity contribution in [2.45, 2.75) is 26.3 Å². The SMILES string of the molecule is CC(C)NC(=O)c1ccc(NC(=O)c2ccccc2OCCc2ccccc2)cc1.